The molecule has 88 valence electrons. The van der Waals surface area contributed by atoms with E-state index in [0.29, 0.717) is 0 Å². The minimum atomic E-state index is -0.306. The fourth-order valence-corrected chi connectivity index (χ4v) is 2.26. The van der Waals surface area contributed by atoms with E-state index < -0.39 is 0 Å². The fourth-order valence-electron chi connectivity index (χ4n) is 1.77. The number of carbonyl (C=O) groups is 1. The molecule has 1 saturated heterocycles. The van der Waals surface area contributed by atoms with Crippen LogP contribution in [0.1, 0.15) is 33.1 Å². The van der Waals surface area contributed by atoms with Gasteiger partial charge in [0.05, 0.1) is 12.2 Å². The Hall–Kier alpha value is -0.220. The molecule has 0 aromatic carbocycles. The molecule has 1 aliphatic rings. The molecule has 0 bridgehead atoms. The molecule has 0 aliphatic carbocycles. The predicted molar refractivity (Wildman–Crippen MR) is 66.0 cm³/mol. The second-order valence-electron chi connectivity index (χ2n) is 4.29. The van der Waals surface area contributed by atoms with Gasteiger partial charge in [-0.25, -0.2) is 0 Å². The first-order valence-corrected chi connectivity index (χ1v) is 7.07. The summed E-state index contributed by atoms with van der Waals surface area (Å²) in [5.41, 5.74) is -0.306. The van der Waals surface area contributed by atoms with E-state index in [4.69, 9.17) is 0 Å². The van der Waals surface area contributed by atoms with Crippen molar-refractivity contribution in [3.8, 4) is 0 Å². The number of nitrogens with zero attached hydrogens (tertiary/aromatic N) is 1. The van der Waals surface area contributed by atoms with Gasteiger partial charge in [-0.05, 0) is 38.2 Å². The lowest BCUT2D eigenvalue weighted by Crippen LogP contribution is -2.43. The minimum Gasteiger partial charge on any atom is -0.328 e. The molecule has 0 spiro atoms. The maximum Gasteiger partial charge on any atom is 0.243 e. The number of hydrogen-bond acceptors (Lipinski definition) is 3. The summed E-state index contributed by atoms with van der Waals surface area (Å²) in [4.78, 5) is 13.9. The van der Waals surface area contributed by atoms with Crippen molar-refractivity contribution in [1.82, 2.24) is 10.2 Å². The van der Waals surface area contributed by atoms with Crippen LogP contribution in [0.2, 0.25) is 0 Å². The van der Waals surface area contributed by atoms with Crippen LogP contribution in [0, 0.1) is 0 Å². The quantitative estimate of drug-likeness (QED) is 0.705. The van der Waals surface area contributed by atoms with Crippen LogP contribution in [0.25, 0.3) is 0 Å². The van der Waals surface area contributed by atoms with Crippen LogP contribution in [0.5, 0.6) is 0 Å². The monoisotopic (exact) mass is 230 g/mol. The average Bonchev–Trinajstić information content (AvgIpc) is 2.53. The van der Waals surface area contributed by atoms with Gasteiger partial charge in [0, 0.05) is 6.54 Å². The summed E-state index contributed by atoms with van der Waals surface area (Å²) in [7, 11) is 0. The normalized spacial score (nSPS) is 26.3. The second kappa shape index (κ2) is 5.75. The number of thioether (sulfide) groups is 1. The lowest BCUT2D eigenvalue weighted by atomic mass is 9.99. The van der Waals surface area contributed by atoms with Crippen LogP contribution in [0.4, 0.5) is 0 Å². The fraction of sp³-hybridized carbons (Fsp3) is 0.909. The molecule has 3 nitrogen and oxygen atoms in total. The van der Waals surface area contributed by atoms with Crippen molar-refractivity contribution in [3.63, 3.8) is 0 Å². The van der Waals surface area contributed by atoms with Gasteiger partial charge in [0.15, 0.2) is 0 Å². The molecule has 1 rings (SSSR count). The van der Waals surface area contributed by atoms with Gasteiger partial charge in [0.25, 0.3) is 0 Å². The van der Waals surface area contributed by atoms with E-state index >= 15 is 0 Å². The van der Waals surface area contributed by atoms with Gasteiger partial charge in [0.2, 0.25) is 5.91 Å². The molecule has 0 saturated carbocycles. The van der Waals surface area contributed by atoms with Crippen LogP contribution in [0.15, 0.2) is 0 Å². The number of hydrogen-bond donors (Lipinski definition) is 1. The molecule has 4 heteroatoms. The number of rotatable bonds is 6. The van der Waals surface area contributed by atoms with Crippen LogP contribution >= 0.6 is 11.8 Å². The number of unbranched alkanes of at least 4 members (excludes halogenated alkanes) is 1. The Labute approximate surface area is 97.0 Å². The summed E-state index contributed by atoms with van der Waals surface area (Å²) < 4.78 is 0. The van der Waals surface area contributed by atoms with Crippen molar-refractivity contribution < 1.29 is 4.79 Å². The van der Waals surface area contributed by atoms with Crippen LogP contribution in [-0.4, -0.2) is 41.6 Å². The first kappa shape index (κ1) is 12.8. The maximum absolute atomic E-state index is 12.0. The molecule has 1 fully saturated rings. The van der Waals surface area contributed by atoms with E-state index in [1.54, 1.807) is 0 Å². The zero-order chi connectivity index (χ0) is 11.3. The van der Waals surface area contributed by atoms with Crippen molar-refractivity contribution >= 4 is 17.7 Å². The molecule has 0 radical (unpaired) electrons. The molecule has 0 aromatic rings. The Morgan fingerprint density at radius 3 is 2.80 bits per heavy atom. The van der Waals surface area contributed by atoms with Gasteiger partial charge in [-0.2, -0.15) is 11.8 Å². The second-order valence-corrected chi connectivity index (χ2v) is 5.27. The Bertz CT molecular complexity index is 223. The zero-order valence-electron chi connectivity index (χ0n) is 10.0. The van der Waals surface area contributed by atoms with Gasteiger partial charge < -0.3 is 4.90 Å². The van der Waals surface area contributed by atoms with Crippen molar-refractivity contribution in [2.45, 2.75) is 38.6 Å². The summed E-state index contributed by atoms with van der Waals surface area (Å²) in [6, 6.07) is 0. The Kier molecular flexibility index (Phi) is 4.93. The summed E-state index contributed by atoms with van der Waals surface area (Å²) in [6.07, 6.45) is 5.31. The third kappa shape index (κ3) is 3.11. The molecule has 1 amide bonds. The molecule has 1 heterocycles. The van der Waals surface area contributed by atoms with Crippen molar-refractivity contribution in [3.05, 3.63) is 0 Å². The van der Waals surface area contributed by atoms with Crippen LogP contribution in [-0.2, 0) is 4.79 Å². The highest BCUT2D eigenvalue weighted by molar-refractivity contribution is 7.98. The van der Waals surface area contributed by atoms with Crippen LogP contribution < -0.4 is 5.32 Å². The zero-order valence-corrected chi connectivity index (χ0v) is 10.8. The molecular weight excluding hydrogens is 208 g/mol. The predicted octanol–water partition coefficient (Wildman–Crippen LogP) is 1.69. The van der Waals surface area contributed by atoms with Crippen LogP contribution in [0.3, 0.4) is 0 Å². The lowest BCUT2D eigenvalue weighted by Gasteiger charge is -2.20. The van der Waals surface area contributed by atoms with E-state index in [1.165, 1.54) is 12.2 Å². The van der Waals surface area contributed by atoms with Crippen molar-refractivity contribution in [1.29, 1.82) is 0 Å². The highest BCUT2D eigenvalue weighted by Crippen LogP contribution is 2.19. The summed E-state index contributed by atoms with van der Waals surface area (Å²) in [6.45, 7) is 5.68. The Morgan fingerprint density at radius 1 is 1.53 bits per heavy atom. The highest BCUT2D eigenvalue weighted by Gasteiger charge is 2.40. The molecule has 1 aliphatic heterocycles. The number of amides is 1. The van der Waals surface area contributed by atoms with Gasteiger partial charge in [-0.15, -0.1) is 0 Å². The van der Waals surface area contributed by atoms with E-state index in [9.17, 15) is 4.79 Å². The first-order chi connectivity index (χ1) is 7.14. The Morgan fingerprint density at radius 2 is 2.27 bits per heavy atom. The summed E-state index contributed by atoms with van der Waals surface area (Å²) >= 11 is 1.87. The molecule has 15 heavy (non-hydrogen) atoms. The summed E-state index contributed by atoms with van der Waals surface area (Å²) in [5.74, 6) is 1.47. The SMILES string of the molecule is CCC1(C)NCN(CCCCSC)C1=O. The number of carbonyl (C=O) groups excluding carboxylic acids is 1. The lowest BCUT2D eigenvalue weighted by molar-refractivity contribution is -0.132. The Balaban J connectivity index is 2.30. The molecular formula is C11H22N2OS. The average molecular weight is 230 g/mol. The van der Waals surface area contributed by atoms with Gasteiger partial charge in [-0.3, -0.25) is 10.1 Å². The molecule has 0 aromatic heterocycles. The molecule has 1 N–H and O–H groups in total. The first-order valence-electron chi connectivity index (χ1n) is 5.67. The highest BCUT2D eigenvalue weighted by atomic mass is 32.2. The largest absolute Gasteiger partial charge is 0.328 e. The maximum atomic E-state index is 12.0. The minimum absolute atomic E-state index is 0.272. The van der Waals surface area contributed by atoms with Gasteiger partial charge in [0.1, 0.15) is 0 Å². The van der Waals surface area contributed by atoms with Crippen molar-refractivity contribution in [2.24, 2.45) is 0 Å². The standard InChI is InChI=1S/C11H22N2OS/c1-4-11(2)10(14)13(9-12-11)7-5-6-8-15-3/h12H,4-9H2,1-3H3. The number of nitrogens with one attached hydrogen (secondary N) is 1. The molecule has 1 atom stereocenters. The van der Waals surface area contributed by atoms with Crippen molar-refractivity contribution in [2.75, 3.05) is 25.2 Å². The van der Waals surface area contributed by atoms with E-state index in [0.717, 1.165) is 26.1 Å². The molecule has 1 unspecified atom stereocenters. The van der Waals surface area contributed by atoms with Gasteiger partial charge >= 0.3 is 0 Å². The third-order valence-electron chi connectivity index (χ3n) is 3.15. The van der Waals surface area contributed by atoms with Gasteiger partial charge in [-0.1, -0.05) is 6.92 Å². The van der Waals surface area contributed by atoms with E-state index in [-0.39, 0.29) is 11.4 Å². The third-order valence-corrected chi connectivity index (χ3v) is 3.85. The smallest absolute Gasteiger partial charge is 0.243 e. The summed E-state index contributed by atoms with van der Waals surface area (Å²) in [5, 5.41) is 3.29. The van der Waals surface area contributed by atoms with E-state index in [1.807, 2.05) is 23.6 Å². The van der Waals surface area contributed by atoms with E-state index in [2.05, 4.69) is 18.5 Å². The topological polar surface area (TPSA) is 32.3 Å².